The second-order valence-corrected chi connectivity index (χ2v) is 7.06. The van der Waals surface area contributed by atoms with Gasteiger partial charge in [0.2, 0.25) is 5.95 Å². The van der Waals surface area contributed by atoms with Gasteiger partial charge in [-0.15, -0.1) is 13.2 Å². The highest BCUT2D eigenvalue weighted by molar-refractivity contribution is 6.30. The summed E-state index contributed by atoms with van der Waals surface area (Å²) in [6.07, 6.45) is -3.92. The Morgan fingerprint density at radius 3 is 2.47 bits per heavy atom. The Bertz CT molecular complexity index is 996. The van der Waals surface area contributed by atoms with Gasteiger partial charge in [-0.3, -0.25) is 0 Å². The van der Waals surface area contributed by atoms with Crippen LogP contribution in [0.1, 0.15) is 20.3 Å². The van der Waals surface area contributed by atoms with Crippen LogP contribution in [-0.2, 0) is 0 Å². The van der Waals surface area contributed by atoms with Crippen molar-refractivity contribution >= 4 is 29.1 Å². The molecule has 0 saturated heterocycles. The Morgan fingerprint density at radius 1 is 1.07 bits per heavy atom. The summed E-state index contributed by atoms with van der Waals surface area (Å²) in [5, 5.41) is 6.96. The minimum absolute atomic E-state index is 0.114. The number of alkyl halides is 3. The van der Waals surface area contributed by atoms with Crippen molar-refractivity contribution in [3.63, 3.8) is 0 Å². The molecule has 0 aliphatic heterocycles. The zero-order valence-corrected chi connectivity index (χ0v) is 17.1. The highest BCUT2D eigenvalue weighted by Gasteiger charge is 2.31. The van der Waals surface area contributed by atoms with Crippen molar-refractivity contribution in [1.82, 2.24) is 9.97 Å². The second kappa shape index (κ2) is 9.21. The average molecular weight is 437 g/mol. The molecular formula is C21H20ClF3N4O. The van der Waals surface area contributed by atoms with Gasteiger partial charge in [0, 0.05) is 28.4 Å². The fourth-order valence-electron chi connectivity index (χ4n) is 2.58. The van der Waals surface area contributed by atoms with Crippen molar-refractivity contribution in [3.8, 4) is 17.0 Å². The summed E-state index contributed by atoms with van der Waals surface area (Å²) < 4.78 is 41.8. The number of hydrogen-bond donors (Lipinski definition) is 2. The van der Waals surface area contributed by atoms with Gasteiger partial charge in [0.1, 0.15) is 11.6 Å². The van der Waals surface area contributed by atoms with Gasteiger partial charge in [-0.25, -0.2) is 4.98 Å². The number of halogens is 4. The van der Waals surface area contributed by atoms with Crippen LogP contribution in [0.3, 0.4) is 0 Å². The summed E-state index contributed by atoms with van der Waals surface area (Å²) in [6, 6.07) is 14.5. The maximum Gasteiger partial charge on any atom is 0.573 e. The fourth-order valence-corrected chi connectivity index (χ4v) is 2.71. The van der Waals surface area contributed by atoms with E-state index in [0.29, 0.717) is 28.0 Å². The Labute approximate surface area is 177 Å². The smallest absolute Gasteiger partial charge is 0.406 e. The van der Waals surface area contributed by atoms with Crippen molar-refractivity contribution < 1.29 is 17.9 Å². The average Bonchev–Trinajstić information content (AvgIpc) is 2.68. The number of rotatable bonds is 7. The number of nitrogens with zero attached hydrogens (tertiary/aromatic N) is 2. The summed E-state index contributed by atoms with van der Waals surface area (Å²) in [4.78, 5) is 8.93. The number of anilines is 3. The van der Waals surface area contributed by atoms with E-state index in [4.69, 9.17) is 11.6 Å². The number of hydrogen-bond acceptors (Lipinski definition) is 5. The van der Waals surface area contributed by atoms with Gasteiger partial charge in [-0.05, 0) is 49.7 Å². The molecule has 0 radical (unpaired) electrons. The zero-order valence-electron chi connectivity index (χ0n) is 16.3. The zero-order chi connectivity index (χ0) is 21.7. The lowest BCUT2D eigenvalue weighted by Gasteiger charge is -2.15. The van der Waals surface area contributed by atoms with Gasteiger partial charge < -0.3 is 15.4 Å². The Kier molecular flexibility index (Phi) is 6.66. The molecule has 0 fully saturated rings. The lowest BCUT2D eigenvalue weighted by atomic mass is 10.1. The molecule has 0 unspecified atom stereocenters. The molecule has 1 atom stereocenters. The van der Waals surface area contributed by atoms with E-state index in [9.17, 15) is 13.2 Å². The third-order valence-corrected chi connectivity index (χ3v) is 4.45. The van der Waals surface area contributed by atoms with Crippen LogP contribution in [0.5, 0.6) is 5.75 Å². The van der Waals surface area contributed by atoms with Gasteiger partial charge in [-0.1, -0.05) is 30.7 Å². The molecule has 5 nitrogen and oxygen atoms in total. The van der Waals surface area contributed by atoms with Gasteiger partial charge in [0.15, 0.2) is 0 Å². The summed E-state index contributed by atoms with van der Waals surface area (Å²) >= 11 is 5.92. The topological polar surface area (TPSA) is 59.1 Å². The van der Waals surface area contributed by atoms with Crippen LogP contribution in [0, 0.1) is 0 Å². The quantitative estimate of drug-likeness (QED) is 0.434. The number of nitrogens with one attached hydrogen (secondary N) is 2. The van der Waals surface area contributed by atoms with Crippen LogP contribution in [0.25, 0.3) is 11.3 Å². The van der Waals surface area contributed by atoms with Gasteiger partial charge >= 0.3 is 6.36 Å². The van der Waals surface area contributed by atoms with E-state index >= 15 is 0 Å². The van der Waals surface area contributed by atoms with Gasteiger partial charge in [0.05, 0.1) is 5.69 Å². The molecule has 1 aromatic heterocycles. The first-order valence-corrected chi connectivity index (χ1v) is 9.64. The number of ether oxygens (including phenoxy) is 1. The summed E-state index contributed by atoms with van der Waals surface area (Å²) in [7, 11) is 0. The SMILES string of the molecule is CC[C@H](C)Nc1nc(Nc2ccc(Cl)cc2)cc(-c2cccc(OC(F)(F)F)c2)n1. The molecule has 3 aromatic rings. The standard InChI is InChI=1S/C21H20ClF3N4O/c1-3-13(2)26-20-28-18(14-5-4-6-17(11-14)30-21(23,24)25)12-19(29-20)27-16-9-7-15(22)8-10-16/h4-13H,3H2,1-2H3,(H2,26,27,28,29)/t13-/m0/s1. The molecule has 0 spiro atoms. The molecule has 0 amide bonds. The highest BCUT2D eigenvalue weighted by atomic mass is 35.5. The van der Waals surface area contributed by atoms with Crippen molar-refractivity contribution in [3.05, 3.63) is 59.6 Å². The molecule has 3 rings (SSSR count). The summed E-state index contributed by atoms with van der Waals surface area (Å²) in [5.41, 5.74) is 1.66. The number of benzene rings is 2. The molecule has 0 bridgehead atoms. The van der Waals surface area contributed by atoms with E-state index in [2.05, 4.69) is 25.3 Å². The van der Waals surface area contributed by atoms with Crippen molar-refractivity contribution in [2.24, 2.45) is 0 Å². The molecular weight excluding hydrogens is 417 g/mol. The van der Waals surface area contributed by atoms with Gasteiger partial charge in [-0.2, -0.15) is 4.98 Å². The number of aromatic nitrogens is 2. The maximum atomic E-state index is 12.6. The Hall–Kier alpha value is -3.00. The first-order valence-electron chi connectivity index (χ1n) is 9.26. The van der Waals surface area contributed by atoms with Crippen LogP contribution in [0.2, 0.25) is 5.02 Å². The van der Waals surface area contributed by atoms with Crippen LogP contribution in [-0.4, -0.2) is 22.4 Å². The van der Waals surface area contributed by atoms with Crippen molar-refractivity contribution in [2.45, 2.75) is 32.7 Å². The monoisotopic (exact) mass is 436 g/mol. The molecule has 9 heteroatoms. The molecule has 2 N–H and O–H groups in total. The van der Waals surface area contributed by atoms with Crippen LogP contribution in [0.4, 0.5) is 30.6 Å². The van der Waals surface area contributed by atoms with E-state index in [-0.39, 0.29) is 11.8 Å². The molecule has 1 heterocycles. The molecule has 0 aliphatic carbocycles. The lowest BCUT2D eigenvalue weighted by Crippen LogP contribution is -2.17. The van der Waals surface area contributed by atoms with E-state index in [1.54, 1.807) is 36.4 Å². The highest BCUT2D eigenvalue weighted by Crippen LogP contribution is 2.29. The molecule has 30 heavy (non-hydrogen) atoms. The van der Waals surface area contributed by atoms with Crippen LogP contribution in [0.15, 0.2) is 54.6 Å². The third-order valence-electron chi connectivity index (χ3n) is 4.19. The Morgan fingerprint density at radius 2 is 1.80 bits per heavy atom. The van der Waals surface area contributed by atoms with Crippen LogP contribution >= 0.6 is 11.6 Å². The van der Waals surface area contributed by atoms with Crippen LogP contribution < -0.4 is 15.4 Å². The first-order chi connectivity index (χ1) is 14.2. The Balaban J connectivity index is 1.97. The maximum absolute atomic E-state index is 12.6. The lowest BCUT2D eigenvalue weighted by molar-refractivity contribution is -0.274. The summed E-state index contributed by atoms with van der Waals surface area (Å²) in [6.45, 7) is 4.01. The minimum atomic E-state index is -4.77. The van der Waals surface area contributed by atoms with E-state index in [1.807, 2.05) is 13.8 Å². The predicted molar refractivity (Wildman–Crippen MR) is 112 cm³/mol. The van der Waals surface area contributed by atoms with E-state index in [0.717, 1.165) is 12.1 Å². The van der Waals surface area contributed by atoms with E-state index < -0.39 is 6.36 Å². The van der Waals surface area contributed by atoms with Crippen molar-refractivity contribution in [1.29, 1.82) is 0 Å². The third kappa shape index (κ3) is 6.25. The molecule has 0 aliphatic rings. The normalized spacial score (nSPS) is 12.3. The van der Waals surface area contributed by atoms with E-state index in [1.165, 1.54) is 18.2 Å². The van der Waals surface area contributed by atoms with Crippen molar-refractivity contribution in [2.75, 3.05) is 10.6 Å². The first kappa shape index (κ1) is 21.7. The fraction of sp³-hybridized carbons (Fsp3) is 0.238. The largest absolute Gasteiger partial charge is 0.573 e. The second-order valence-electron chi connectivity index (χ2n) is 6.62. The summed E-state index contributed by atoms with van der Waals surface area (Å²) in [5.74, 6) is 0.526. The molecule has 2 aromatic carbocycles. The minimum Gasteiger partial charge on any atom is -0.406 e. The molecule has 158 valence electrons. The molecule has 0 saturated carbocycles. The van der Waals surface area contributed by atoms with Gasteiger partial charge in [0.25, 0.3) is 0 Å². The predicted octanol–water partition coefficient (Wildman–Crippen LogP) is 6.65.